The van der Waals surface area contributed by atoms with E-state index in [1.54, 1.807) is 39.0 Å². The van der Waals surface area contributed by atoms with Crippen molar-refractivity contribution in [1.82, 2.24) is 0 Å². The molecule has 0 aliphatic heterocycles. The first-order chi connectivity index (χ1) is 11.3. The molecule has 0 saturated heterocycles. The zero-order valence-electron chi connectivity index (χ0n) is 14.5. The Morgan fingerprint density at radius 2 is 1.58 bits per heavy atom. The Morgan fingerprint density at radius 1 is 1.04 bits per heavy atom. The molecule has 1 rings (SSSR count). The lowest BCUT2D eigenvalue weighted by molar-refractivity contribution is -0.170. The summed E-state index contributed by atoms with van der Waals surface area (Å²) in [5.41, 5.74) is -0.126. The van der Waals surface area contributed by atoms with Gasteiger partial charge in [-0.1, -0.05) is 35.0 Å². The molecule has 0 aromatic heterocycles. The molecule has 0 unspecified atom stereocenters. The number of Topliss-reactive ketones (excluding diaryl/α,β-unsaturated/α-hetero) is 1. The van der Waals surface area contributed by atoms with Gasteiger partial charge in [0.1, 0.15) is 0 Å². The fourth-order valence-corrected chi connectivity index (χ4v) is 2.78. The SMILES string of the molecule is CCOC(=O)C(C)(Cc1ccc(C(=O)CC)cc1Br)C(=O)OCC. The minimum absolute atomic E-state index is 0.0285. The van der Waals surface area contributed by atoms with Gasteiger partial charge in [0, 0.05) is 22.9 Å². The van der Waals surface area contributed by atoms with Gasteiger partial charge in [0.2, 0.25) is 0 Å². The highest BCUT2D eigenvalue weighted by Gasteiger charge is 2.44. The Hall–Kier alpha value is -1.69. The number of benzene rings is 1. The van der Waals surface area contributed by atoms with Crippen molar-refractivity contribution in [3.05, 3.63) is 33.8 Å². The van der Waals surface area contributed by atoms with Crippen LogP contribution < -0.4 is 0 Å². The highest BCUT2D eigenvalue weighted by atomic mass is 79.9. The summed E-state index contributed by atoms with van der Waals surface area (Å²) in [6.45, 7) is 7.04. The molecule has 6 heteroatoms. The minimum Gasteiger partial charge on any atom is -0.465 e. The normalized spacial score (nSPS) is 11.0. The molecule has 1 aromatic carbocycles. The number of hydrogen-bond donors (Lipinski definition) is 0. The third kappa shape index (κ3) is 4.66. The summed E-state index contributed by atoms with van der Waals surface area (Å²) in [6, 6.07) is 5.14. The number of halogens is 1. The summed E-state index contributed by atoms with van der Waals surface area (Å²) >= 11 is 3.42. The Balaban J connectivity index is 3.17. The van der Waals surface area contributed by atoms with Gasteiger partial charge in [0.25, 0.3) is 0 Å². The maximum Gasteiger partial charge on any atom is 0.323 e. The van der Waals surface area contributed by atoms with E-state index < -0.39 is 17.4 Å². The average Bonchev–Trinajstić information content (AvgIpc) is 2.56. The Kier molecular flexibility index (Phi) is 7.60. The molecular weight excluding hydrogens is 376 g/mol. The molecule has 0 bridgehead atoms. The fraction of sp³-hybridized carbons (Fsp3) is 0.500. The number of carbonyl (C=O) groups is 3. The van der Waals surface area contributed by atoms with Gasteiger partial charge in [-0.05, 0) is 32.4 Å². The van der Waals surface area contributed by atoms with Crippen LogP contribution in [0, 0.1) is 5.41 Å². The Morgan fingerprint density at radius 3 is 2.00 bits per heavy atom. The second kappa shape index (κ2) is 8.97. The summed E-state index contributed by atoms with van der Waals surface area (Å²) in [4.78, 5) is 36.4. The number of hydrogen-bond acceptors (Lipinski definition) is 5. The van der Waals surface area contributed by atoms with E-state index in [4.69, 9.17) is 9.47 Å². The van der Waals surface area contributed by atoms with Crippen LogP contribution in [0.15, 0.2) is 22.7 Å². The first kappa shape index (κ1) is 20.4. The largest absolute Gasteiger partial charge is 0.465 e. The maximum atomic E-state index is 12.3. The van der Waals surface area contributed by atoms with Crippen LogP contribution in [0.1, 0.15) is 50.0 Å². The Bertz CT molecular complexity index is 606. The van der Waals surface area contributed by atoms with Gasteiger partial charge in [0.15, 0.2) is 11.2 Å². The van der Waals surface area contributed by atoms with Crippen LogP contribution >= 0.6 is 15.9 Å². The van der Waals surface area contributed by atoms with Crippen LogP contribution in [0.3, 0.4) is 0 Å². The average molecular weight is 399 g/mol. The molecular formula is C18H23BrO5. The smallest absolute Gasteiger partial charge is 0.323 e. The molecule has 0 amide bonds. The number of esters is 2. The highest BCUT2D eigenvalue weighted by molar-refractivity contribution is 9.10. The van der Waals surface area contributed by atoms with E-state index in [1.165, 1.54) is 6.92 Å². The molecule has 24 heavy (non-hydrogen) atoms. The van der Waals surface area contributed by atoms with E-state index in [1.807, 2.05) is 0 Å². The van der Waals surface area contributed by atoms with Crippen molar-refractivity contribution < 1.29 is 23.9 Å². The third-order valence-corrected chi connectivity index (χ3v) is 4.43. The van der Waals surface area contributed by atoms with Crippen molar-refractivity contribution >= 4 is 33.7 Å². The monoisotopic (exact) mass is 398 g/mol. The molecule has 0 heterocycles. The molecule has 0 aliphatic rings. The van der Waals surface area contributed by atoms with Crippen LogP contribution in [0.5, 0.6) is 0 Å². The molecule has 0 fully saturated rings. The van der Waals surface area contributed by atoms with E-state index in [0.29, 0.717) is 16.5 Å². The first-order valence-corrected chi connectivity index (χ1v) is 8.75. The van der Waals surface area contributed by atoms with Gasteiger partial charge in [-0.3, -0.25) is 14.4 Å². The number of ether oxygens (including phenoxy) is 2. The van der Waals surface area contributed by atoms with Crippen LogP contribution in [-0.4, -0.2) is 30.9 Å². The van der Waals surface area contributed by atoms with Gasteiger partial charge in [-0.15, -0.1) is 0 Å². The minimum atomic E-state index is -1.44. The van der Waals surface area contributed by atoms with Gasteiger partial charge >= 0.3 is 11.9 Å². The van der Waals surface area contributed by atoms with Crippen molar-refractivity contribution in [3.8, 4) is 0 Å². The number of carbonyl (C=O) groups excluding carboxylic acids is 3. The number of rotatable bonds is 8. The summed E-state index contributed by atoms with van der Waals surface area (Å²) in [5.74, 6) is -1.21. The van der Waals surface area contributed by atoms with Crippen LogP contribution in [0.4, 0.5) is 0 Å². The lowest BCUT2D eigenvalue weighted by Gasteiger charge is -2.25. The quantitative estimate of drug-likeness (QED) is 0.379. The molecule has 5 nitrogen and oxygen atoms in total. The maximum absolute atomic E-state index is 12.3. The fourth-order valence-electron chi connectivity index (χ4n) is 2.26. The molecule has 0 spiro atoms. The standard InChI is InChI=1S/C18H23BrO5/c1-5-15(20)12-8-9-13(14(19)10-12)11-18(4,16(21)23-6-2)17(22)24-7-3/h8-10H,5-7,11H2,1-4H3. The summed E-state index contributed by atoms with van der Waals surface area (Å²) in [6.07, 6.45) is 0.529. The van der Waals surface area contributed by atoms with Crippen LogP contribution in [0.25, 0.3) is 0 Å². The summed E-state index contributed by atoms with van der Waals surface area (Å²) in [5, 5.41) is 0. The van der Waals surface area contributed by atoms with Gasteiger partial charge in [-0.25, -0.2) is 0 Å². The van der Waals surface area contributed by atoms with Crippen molar-refractivity contribution in [2.75, 3.05) is 13.2 Å². The van der Waals surface area contributed by atoms with Gasteiger partial charge in [0.05, 0.1) is 13.2 Å². The topological polar surface area (TPSA) is 69.7 Å². The lowest BCUT2D eigenvalue weighted by Crippen LogP contribution is -2.41. The molecule has 132 valence electrons. The van der Waals surface area contributed by atoms with Gasteiger partial charge in [-0.2, -0.15) is 0 Å². The van der Waals surface area contributed by atoms with Crippen molar-refractivity contribution in [3.63, 3.8) is 0 Å². The predicted molar refractivity (Wildman–Crippen MR) is 93.8 cm³/mol. The molecule has 1 aromatic rings. The van der Waals surface area contributed by atoms with E-state index in [2.05, 4.69) is 15.9 Å². The third-order valence-electron chi connectivity index (χ3n) is 3.69. The lowest BCUT2D eigenvalue weighted by atomic mass is 9.83. The molecule has 0 N–H and O–H groups in total. The second-order valence-corrected chi connectivity index (χ2v) is 6.39. The number of ketones is 1. The highest BCUT2D eigenvalue weighted by Crippen LogP contribution is 2.31. The van der Waals surface area contributed by atoms with Gasteiger partial charge < -0.3 is 9.47 Å². The van der Waals surface area contributed by atoms with Crippen molar-refractivity contribution in [2.45, 2.75) is 40.5 Å². The Labute approximate surface area is 150 Å². The van der Waals surface area contributed by atoms with Crippen molar-refractivity contribution in [1.29, 1.82) is 0 Å². The molecule has 0 atom stereocenters. The van der Waals surface area contributed by atoms with E-state index in [0.717, 1.165) is 5.56 Å². The summed E-state index contributed by atoms with van der Waals surface area (Å²) in [7, 11) is 0. The first-order valence-electron chi connectivity index (χ1n) is 7.96. The van der Waals surface area contributed by atoms with Crippen LogP contribution in [-0.2, 0) is 25.5 Å². The zero-order chi connectivity index (χ0) is 18.3. The van der Waals surface area contributed by atoms with Crippen molar-refractivity contribution in [2.24, 2.45) is 5.41 Å². The second-order valence-electron chi connectivity index (χ2n) is 5.53. The molecule has 0 radical (unpaired) electrons. The van der Waals surface area contributed by atoms with E-state index in [-0.39, 0.29) is 25.4 Å². The summed E-state index contributed by atoms with van der Waals surface area (Å²) < 4.78 is 10.8. The van der Waals surface area contributed by atoms with Crippen LogP contribution in [0.2, 0.25) is 0 Å². The molecule has 0 aliphatic carbocycles. The molecule has 0 saturated carbocycles. The predicted octanol–water partition coefficient (Wildman–Crippen LogP) is 3.72. The van der Waals surface area contributed by atoms with E-state index >= 15 is 0 Å². The van der Waals surface area contributed by atoms with E-state index in [9.17, 15) is 14.4 Å². The zero-order valence-corrected chi connectivity index (χ0v) is 16.1.